The molecule has 1 fully saturated rings. The zero-order valence-corrected chi connectivity index (χ0v) is 9.98. The van der Waals surface area contributed by atoms with E-state index in [9.17, 15) is 0 Å². The van der Waals surface area contributed by atoms with Crippen molar-refractivity contribution in [2.75, 3.05) is 5.32 Å². The number of hydrogen-bond acceptors (Lipinski definition) is 2. The van der Waals surface area contributed by atoms with Gasteiger partial charge in [-0.1, -0.05) is 19.1 Å². The molecular formula is C13H19N3. The van der Waals surface area contributed by atoms with Crippen molar-refractivity contribution in [1.82, 2.24) is 9.78 Å². The molecule has 0 aliphatic heterocycles. The van der Waals surface area contributed by atoms with E-state index < -0.39 is 0 Å². The summed E-state index contributed by atoms with van der Waals surface area (Å²) in [6, 6.07) is 0.637. The summed E-state index contributed by atoms with van der Waals surface area (Å²) in [7, 11) is 1.99. The van der Waals surface area contributed by atoms with E-state index in [-0.39, 0.29) is 0 Å². The predicted molar refractivity (Wildman–Crippen MR) is 65.4 cm³/mol. The van der Waals surface area contributed by atoms with Crippen LogP contribution in [0.5, 0.6) is 0 Å². The fraction of sp³-hybridized carbons (Fsp3) is 0.615. The van der Waals surface area contributed by atoms with Gasteiger partial charge in [0.2, 0.25) is 0 Å². The van der Waals surface area contributed by atoms with E-state index in [0.29, 0.717) is 6.04 Å². The summed E-state index contributed by atoms with van der Waals surface area (Å²) >= 11 is 0. The molecule has 86 valence electrons. The molecule has 2 aliphatic carbocycles. The van der Waals surface area contributed by atoms with Gasteiger partial charge in [0.25, 0.3) is 0 Å². The molecule has 0 bridgehead atoms. The first-order chi connectivity index (χ1) is 7.78. The number of nitrogens with zero attached hydrogens (tertiary/aromatic N) is 2. The first-order valence-electron chi connectivity index (χ1n) is 6.23. The summed E-state index contributed by atoms with van der Waals surface area (Å²) < 4.78 is 1.90. The Morgan fingerprint density at radius 2 is 2.44 bits per heavy atom. The van der Waals surface area contributed by atoms with Gasteiger partial charge >= 0.3 is 0 Å². The van der Waals surface area contributed by atoms with Crippen molar-refractivity contribution in [1.29, 1.82) is 0 Å². The lowest BCUT2D eigenvalue weighted by molar-refractivity contribution is 0.218. The standard InChI is InChI=1S/C13H19N3/c1-3-11-13(8-16(2)15-11)14-12-7-9-5-4-6-10(9)12/h4,6,8-10,12,14H,3,5,7H2,1-2H3. The fourth-order valence-corrected chi connectivity index (χ4v) is 3.00. The average molecular weight is 217 g/mol. The number of aromatic nitrogens is 2. The van der Waals surface area contributed by atoms with Gasteiger partial charge in [0.1, 0.15) is 0 Å². The van der Waals surface area contributed by atoms with E-state index in [0.717, 1.165) is 18.3 Å². The SMILES string of the molecule is CCc1nn(C)cc1NC1CC2CC=CC21. The van der Waals surface area contributed by atoms with Crippen molar-refractivity contribution in [2.24, 2.45) is 18.9 Å². The van der Waals surface area contributed by atoms with E-state index in [4.69, 9.17) is 0 Å². The highest BCUT2D eigenvalue weighted by molar-refractivity contribution is 5.48. The van der Waals surface area contributed by atoms with Crippen molar-refractivity contribution >= 4 is 5.69 Å². The zero-order valence-electron chi connectivity index (χ0n) is 9.98. The monoisotopic (exact) mass is 217 g/mol. The molecule has 0 saturated heterocycles. The largest absolute Gasteiger partial charge is 0.379 e. The van der Waals surface area contributed by atoms with E-state index in [1.54, 1.807) is 0 Å². The normalized spacial score (nSPS) is 31.2. The third-order valence-corrected chi connectivity index (χ3v) is 3.94. The first kappa shape index (κ1) is 9.94. The smallest absolute Gasteiger partial charge is 0.0853 e. The summed E-state index contributed by atoms with van der Waals surface area (Å²) in [5, 5.41) is 8.12. The van der Waals surface area contributed by atoms with Gasteiger partial charge in [0.15, 0.2) is 0 Å². The molecule has 0 spiro atoms. The molecule has 0 amide bonds. The maximum atomic E-state index is 4.46. The molecule has 1 aromatic rings. The highest BCUT2D eigenvalue weighted by atomic mass is 15.3. The van der Waals surface area contributed by atoms with E-state index in [2.05, 4.69) is 35.7 Å². The Morgan fingerprint density at radius 3 is 3.19 bits per heavy atom. The number of nitrogens with one attached hydrogen (secondary N) is 1. The van der Waals surface area contributed by atoms with Crippen LogP contribution in [0.25, 0.3) is 0 Å². The summed E-state index contributed by atoms with van der Waals surface area (Å²) in [5.74, 6) is 1.68. The molecule has 1 N–H and O–H groups in total. The van der Waals surface area contributed by atoms with Crippen LogP contribution >= 0.6 is 0 Å². The third kappa shape index (κ3) is 1.46. The summed E-state index contributed by atoms with van der Waals surface area (Å²) in [6.07, 6.45) is 10.4. The van der Waals surface area contributed by atoms with Gasteiger partial charge in [-0.3, -0.25) is 4.68 Å². The van der Waals surface area contributed by atoms with Gasteiger partial charge in [-0.15, -0.1) is 0 Å². The van der Waals surface area contributed by atoms with Crippen LogP contribution in [0.1, 0.15) is 25.5 Å². The topological polar surface area (TPSA) is 29.9 Å². The summed E-state index contributed by atoms with van der Waals surface area (Å²) in [6.45, 7) is 2.16. The lowest BCUT2D eigenvalue weighted by Gasteiger charge is -2.41. The number of rotatable bonds is 3. The molecular weight excluding hydrogens is 198 g/mol. The van der Waals surface area contributed by atoms with Gasteiger partial charge in [-0.2, -0.15) is 5.10 Å². The minimum atomic E-state index is 0.637. The quantitative estimate of drug-likeness (QED) is 0.788. The Bertz CT molecular complexity index is 419. The molecule has 1 heterocycles. The molecule has 0 radical (unpaired) electrons. The van der Waals surface area contributed by atoms with E-state index in [1.165, 1.54) is 24.2 Å². The molecule has 16 heavy (non-hydrogen) atoms. The van der Waals surface area contributed by atoms with Crippen LogP contribution in [0.2, 0.25) is 0 Å². The van der Waals surface area contributed by atoms with Crippen molar-refractivity contribution in [3.63, 3.8) is 0 Å². The summed E-state index contributed by atoms with van der Waals surface area (Å²) in [4.78, 5) is 0. The molecule has 0 aromatic carbocycles. The molecule has 3 rings (SSSR count). The maximum absolute atomic E-state index is 4.46. The number of anilines is 1. The number of fused-ring (bicyclic) bond motifs is 1. The predicted octanol–water partition coefficient (Wildman–Crippen LogP) is 2.36. The lowest BCUT2D eigenvalue weighted by atomic mass is 9.71. The van der Waals surface area contributed by atoms with Gasteiger partial charge < -0.3 is 5.32 Å². The second-order valence-electron chi connectivity index (χ2n) is 5.00. The Kier molecular flexibility index (Phi) is 2.27. The second-order valence-corrected chi connectivity index (χ2v) is 5.00. The molecule has 3 heteroatoms. The minimum absolute atomic E-state index is 0.637. The van der Waals surface area contributed by atoms with Crippen LogP contribution in [0.3, 0.4) is 0 Å². The van der Waals surface area contributed by atoms with Crippen LogP contribution in [-0.2, 0) is 13.5 Å². The first-order valence-corrected chi connectivity index (χ1v) is 6.23. The highest BCUT2D eigenvalue weighted by Gasteiger charge is 2.41. The van der Waals surface area contributed by atoms with Crippen LogP contribution in [0.15, 0.2) is 18.3 Å². The highest BCUT2D eigenvalue weighted by Crippen LogP contribution is 2.44. The van der Waals surface area contributed by atoms with Crippen LogP contribution in [0, 0.1) is 11.8 Å². The number of allylic oxidation sites excluding steroid dienone is 1. The van der Waals surface area contributed by atoms with Crippen LogP contribution in [0.4, 0.5) is 5.69 Å². The second kappa shape index (κ2) is 3.65. The molecule has 2 aliphatic rings. The van der Waals surface area contributed by atoms with Gasteiger partial charge in [0, 0.05) is 25.2 Å². The van der Waals surface area contributed by atoms with Gasteiger partial charge in [-0.05, 0) is 25.2 Å². The Labute approximate surface area is 96.5 Å². The molecule has 3 unspecified atom stereocenters. The van der Waals surface area contributed by atoms with Crippen molar-refractivity contribution in [3.8, 4) is 0 Å². The van der Waals surface area contributed by atoms with Crippen molar-refractivity contribution < 1.29 is 0 Å². The third-order valence-electron chi connectivity index (χ3n) is 3.94. The lowest BCUT2D eigenvalue weighted by Crippen LogP contribution is -2.43. The van der Waals surface area contributed by atoms with Gasteiger partial charge in [-0.25, -0.2) is 0 Å². The fourth-order valence-electron chi connectivity index (χ4n) is 3.00. The molecule has 1 aromatic heterocycles. The molecule has 1 saturated carbocycles. The van der Waals surface area contributed by atoms with E-state index >= 15 is 0 Å². The van der Waals surface area contributed by atoms with Crippen molar-refractivity contribution in [3.05, 3.63) is 24.0 Å². The maximum Gasteiger partial charge on any atom is 0.0853 e. The van der Waals surface area contributed by atoms with E-state index in [1.807, 2.05) is 11.7 Å². The van der Waals surface area contributed by atoms with Gasteiger partial charge in [0.05, 0.1) is 11.4 Å². The molecule has 3 nitrogen and oxygen atoms in total. The molecule has 3 atom stereocenters. The number of aryl methyl sites for hydroxylation is 2. The average Bonchev–Trinajstić information content (AvgIpc) is 2.78. The zero-order chi connectivity index (χ0) is 11.1. The van der Waals surface area contributed by atoms with Crippen molar-refractivity contribution in [2.45, 2.75) is 32.2 Å². The Balaban J connectivity index is 1.72. The summed E-state index contributed by atoms with van der Waals surface area (Å²) in [5.41, 5.74) is 2.42. The van der Waals surface area contributed by atoms with Crippen LogP contribution < -0.4 is 5.32 Å². The number of hydrogen-bond donors (Lipinski definition) is 1. The minimum Gasteiger partial charge on any atom is -0.379 e. The Morgan fingerprint density at radius 1 is 1.56 bits per heavy atom. The van der Waals surface area contributed by atoms with Crippen LogP contribution in [-0.4, -0.2) is 15.8 Å². The Hall–Kier alpha value is -1.25.